The monoisotopic (exact) mass is 309 g/mol. The highest BCUT2D eigenvalue weighted by atomic mass is 35.5. The Kier molecular flexibility index (Phi) is 3.63. The number of pyridine rings is 1. The molecule has 110 valence electrons. The fourth-order valence-corrected chi connectivity index (χ4v) is 2.94. The molecule has 2 nitrogen and oxygen atoms in total. The minimum atomic E-state index is 0.610. The molecular formula is C19H16ClNO. The van der Waals surface area contributed by atoms with E-state index in [0.717, 1.165) is 32.2 Å². The van der Waals surface area contributed by atoms with E-state index in [4.69, 9.17) is 11.6 Å². The van der Waals surface area contributed by atoms with E-state index < -0.39 is 0 Å². The highest BCUT2D eigenvalue weighted by Gasteiger charge is 2.22. The number of aryl methyl sites for hydroxylation is 1. The van der Waals surface area contributed by atoms with Gasteiger partial charge in [0.1, 0.15) is 0 Å². The van der Waals surface area contributed by atoms with Gasteiger partial charge in [-0.15, -0.1) is 0 Å². The van der Waals surface area contributed by atoms with Crippen molar-refractivity contribution in [3.63, 3.8) is 0 Å². The largest absolute Gasteiger partial charge is 0.618 e. The van der Waals surface area contributed by atoms with Crippen molar-refractivity contribution < 1.29 is 4.73 Å². The van der Waals surface area contributed by atoms with E-state index in [1.54, 1.807) is 0 Å². The molecule has 0 aliphatic rings. The molecule has 3 rings (SSSR count). The van der Waals surface area contributed by atoms with E-state index in [9.17, 15) is 5.21 Å². The minimum Gasteiger partial charge on any atom is -0.618 e. The molecule has 1 aromatic heterocycles. The maximum atomic E-state index is 12.7. The molecule has 0 amide bonds. The van der Waals surface area contributed by atoms with Gasteiger partial charge < -0.3 is 5.21 Å². The van der Waals surface area contributed by atoms with Crippen LogP contribution < -0.4 is 4.73 Å². The van der Waals surface area contributed by atoms with E-state index in [-0.39, 0.29) is 0 Å². The lowest BCUT2D eigenvalue weighted by molar-refractivity contribution is -0.612. The van der Waals surface area contributed by atoms with Gasteiger partial charge in [-0.2, -0.15) is 4.73 Å². The number of rotatable bonds is 2. The maximum absolute atomic E-state index is 12.7. The fourth-order valence-electron chi connectivity index (χ4n) is 2.82. The molecule has 0 unspecified atom stereocenters. The summed E-state index contributed by atoms with van der Waals surface area (Å²) in [6.07, 6.45) is 0. The number of benzene rings is 2. The van der Waals surface area contributed by atoms with Crippen LogP contribution in [-0.4, -0.2) is 0 Å². The normalized spacial score (nSPS) is 10.9. The minimum absolute atomic E-state index is 0.610. The SMILES string of the molecule is C=C(C)c1c(-c2ccc(Cl)cc2)c2ccccc2c(C)[n+]1[O-]. The number of nitrogens with zero attached hydrogens (tertiary/aromatic N) is 1. The predicted octanol–water partition coefficient (Wildman–Crippen LogP) is 5.14. The molecule has 0 aliphatic carbocycles. The van der Waals surface area contributed by atoms with Crippen molar-refractivity contribution in [2.24, 2.45) is 0 Å². The summed E-state index contributed by atoms with van der Waals surface area (Å²) in [5, 5.41) is 15.4. The molecule has 0 atom stereocenters. The van der Waals surface area contributed by atoms with Gasteiger partial charge in [0, 0.05) is 22.9 Å². The van der Waals surface area contributed by atoms with Crippen molar-refractivity contribution in [1.82, 2.24) is 0 Å². The van der Waals surface area contributed by atoms with Gasteiger partial charge in [0.25, 0.3) is 0 Å². The van der Waals surface area contributed by atoms with E-state index in [1.165, 1.54) is 0 Å². The van der Waals surface area contributed by atoms with Crippen molar-refractivity contribution in [2.45, 2.75) is 13.8 Å². The lowest BCUT2D eigenvalue weighted by Gasteiger charge is -2.16. The van der Waals surface area contributed by atoms with Crippen LogP contribution in [0, 0.1) is 12.1 Å². The first kappa shape index (κ1) is 14.6. The van der Waals surface area contributed by atoms with Crippen LogP contribution in [0.1, 0.15) is 18.3 Å². The van der Waals surface area contributed by atoms with Crippen LogP contribution in [0.4, 0.5) is 0 Å². The summed E-state index contributed by atoms with van der Waals surface area (Å²) in [4.78, 5) is 0. The third-order valence-electron chi connectivity index (χ3n) is 3.87. The van der Waals surface area contributed by atoms with E-state index in [0.29, 0.717) is 16.4 Å². The average Bonchev–Trinajstić information content (AvgIpc) is 2.51. The van der Waals surface area contributed by atoms with Gasteiger partial charge in [-0.1, -0.05) is 48.5 Å². The van der Waals surface area contributed by atoms with Crippen LogP contribution >= 0.6 is 11.6 Å². The molecular weight excluding hydrogens is 294 g/mol. The van der Waals surface area contributed by atoms with Crippen molar-refractivity contribution >= 4 is 27.9 Å². The van der Waals surface area contributed by atoms with Crippen molar-refractivity contribution in [3.8, 4) is 11.1 Å². The van der Waals surface area contributed by atoms with Crippen molar-refractivity contribution in [2.75, 3.05) is 0 Å². The third-order valence-corrected chi connectivity index (χ3v) is 4.12. The average molecular weight is 310 g/mol. The summed E-state index contributed by atoms with van der Waals surface area (Å²) >= 11 is 5.99. The third kappa shape index (κ3) is 2.26. The van der Waals surface area contributed by atoms with E-state index >= 15 is 0 Å². The Bertz CT molecular complexity index is 882. The Morgan fingerprint density at radius 1 is 1.05 bits per heavy atom. The molecule has 0 fully saturated rings. The number of aromatic nitrogens is 1. The van der Waals surface area contributed by atoms with Gasteiger partial charge >= 0.3 is 0 Å². The molecule has 0 N–H and O–H groups in total. The van der Waals surface area contributed by atoms with Crippen LogP contribution in [0.15, 0.2) is 55.1 Å². The Morgan fingerprint density at radius 3 is 2.23 bits per heavy atom. The molecule has 0 saturated heterocycles. The summed E-state index contributed by atoms with van der Waals surface area (Å²) in [6.45, 7) is 7.69. The first-order valence-corrected chi connectivity index (χ1v) is 7.45. The van der Waals surface area contributed by atoms with Crippen LogP contribution in [0.2, 0.25) is 5.02 Å². The van der Waals surface area contributed by atoms with Gasteiger partial charge in [0.2, 0.25) is 5.69 Å². The first-order valence-electron chi connectivity index (χ1n) is 7.07. The van der Waals surface area contributed by atoms with E-state index in [1.807, 2.05) is 62.4 Å². The molecule has 3 aromatic rings. The Morgan fingerprint density at radius 2 is 1.64 bits per heavy atom. The molecule has 22 heavy (non-hydrogen) atoms. The Labute approximate surface area is 134 Å². The number of hydrogen-bond acceptors (Lipinski definition) is 1. The van der Waals surface area contributed by atoms with Gasteiger partial charge in [-0.25, -0.2) is 0 Å². The second-order valence-electron chi connectivity index (χ2n) is 5.44. The predicted molar refractivity (Wildman–Crippen MR) is 92.8 cm³/mol. The zero-order valence-corrected chi connectivity index (χ0v) is 13.3. The van der Waals surface area contributed by atoms with Gasteiger partial charge in [0.15, 0.2) is 5.69 Å². The van der Waals surface area contributed by atoms with Crippen LogP contribution in [0.25, 0.3) is 27.5 Å². The fraction of sp³-hybridized carbons (Fsp3) is 0.105. The highest BCUT2D eigenvalue weighted by molar-refractivity contribution is 6.30. The van der Waals surface area contributed by atoms with Crippen molar-refractivity contribution in [3.05, 3.63) is 76.7 Å². The summed E-state index contributed by atoms with van der Waals surface area (Å²) in [6, 6.07) is 15.5. The smallest absolute Gasteiger partial charge is 0.227 e. The van der Waals surface area contributed by atoms with Gasteiger partial charge in [-0.05, 0) is 30.7 Å². The standard InChI is InChI=1S/C19H16ClNO/c1-12(2)19-18(14-8-10-15(20)11-9-14)17-7-5-4-6-16(17)13(3)21(19)22/h4-11H,1H2,2-3H3. The lowest BCUT2D eigenvalue weighted by Crippen LogP contribution is -2.35. The molecule has 3 heteroatoms. The van der Waals surface area contributed by atoms with E-state index in [2.05, 4.69) is 6.58 Å². The van der Waals surface area contributed by atoms with Crippen molar-refractivity contribution in [1.29, 1.82) is 0 Å². The molecule has 0 saturated carbocycles. The molecule has 1 heterocycles. The van der Waals surface area contributed by atoms with Crippen LogP contribution in [0.3, 0.4) is 0 Å². The summed E-state index contributed by atoms with van der Waals surface area (Å²) < 4.78 is 0.981. The van der Waals surface area contributed by atoms with Crippen LogP contribution in [-0.2, 0) is 0 Å². The topological polar surface area (TPSA) is 26.9 Å². The highest BCUT2D eigenvalue weighted by Crippen LogP contribution is 2.34. The maximum Gasteiger partial charge on any atom is 0.227 e. The Hall–Kier alpha value is -2.32. The Balaban J connectivity index is 2.50. The number of allylic oxidation sites excluding steroid dienone is 1. The zero-order valence-electron chi connectivity index (χ0n) is 12.6. The summed E-state index contributed by atoms with van der Waals surface area (Å²) in [5.74, 6) is 0. The van der Waals surface area contributed by atoms with Gasteiger partial charge in [0.05, 0.1) is 10.9 Å². The van der Waals surface area contributed by atoms with Crippen LogP contribution in [0.5, 0.6) is 0 Å². The molecule has 2 aromatic carbocycles. The molecule has 0 aliphatic heterocycles. The second kappa shape index (κ2) is 5.47. The summed E-state index contributed by atoms with van der Waals surface area (Å²) in [7, 11) is 0. The number of halogens is 1. The summed E-state index contributed by atoms with van der Waals surface area (Å²) in [5.41, 5.74) is 3.90. The second-order valence-corrected chi connectivity index (χ2v) is 5.87. The number of fused-ring (bicyclic) bond motifs is 1. The number of hydrogen-bond donors (Lipinski definition) is 0. The molecule has 0 radical (unpaired) electrons. The quantitative estimate of drug-likeness (QED) is 0.476. The molecule has 0 spiro atoms. The van der Waals surface area contributed by atoms with Gasteiger partial charge in [-0.3, -0.25) is 0 Å². The molecule has 0 bridgehead atoms. The lowest BCUT2D eigenvalue weighted by atomic mass is 9.93. The zero-order chi connectivity index (χ0) is 15.9. The first-order chi connectivity index (χ1) is 10.5.